The highest BCUT2D eigenvalue weighted by molar-refractivity contribution is 9.10. The maximum Gasteiger partial charge on any atom is 0.327 e. The standard InChI is InChI=1S/C12H13BrN4O3S/c1-7-14-3-8(21-7)4-15-9-5-16-17(6-10(18)20-2)12(19)11(9)13/h3,5,15H,4,6H2,1-2H3. The second-order valence-electron chi connectivity index (χ2n) is 4.11. The summed E-state index contributed by atoms with van der Waals surface area (Å²) in [7, 11) is 1.26. The summed E-state index contributed by atoms with van der Waals surface area (Å²) >= 11 is 4.80. The quantitative estimate of drug-likeness (QED) is 0.801. The van der Waals surface area contributed by atoms with Gasteiger partial charge in [0.25, 0.3) is 5.56 Å². The zero-order chi connectivity index (χ0) is 15.4. The van der Waals surface area contributed by atoms with Crippen molar-refractivity contribution in [2.24, 2.45) is 0 Å². The van der Waals surface area contributed by atoms with Gasteiger partial charge in [0.2, 0.25) is 0 Å². The number of nitrogens with zero attached hydrogens (tertiary/aromatic N) is 3. The topological polar surface area (TPSA) is 86.1 Å². The lowest BCUT2D eigenvalue weighted by Gasteiger charge is -2.09. The molecule has 0 aliphatic heterocycles. The molecule has 0 aliphatic carbocycles. The third-order valence-electron chi connectivity index (χ3n) is 2.61. The van der Waals surface area contributed by atoms with Crippen molar-refractivity contribution in [3.8, 4) is 0 Å². The maximum absolute atomic E-state index is 12.1. The molecular formula is C12H13BrN4O3S. The molecule has 0 bridgehead atoms. The molecule has 0 aromatic carbocycles. The predicted molar refractivity (Wildman–Crippen MR) is 82.4 cm³/mol. The second-order valence-corrected chi connectivity index (χ2v) is 6.22. The smallest absolute Gasteiger partial charge is 0.327 e. The van der Waals surface area contributed by atoms with Crippen LogP contribution in [0.4, 0.5) is 5.69 Å². The third kappa shape index (κ3) is 3.88. The molecule has 2 aromatic rings. The zero-order valence-corrected chi connectivity index (χ0v) is 13.8. The molecule has 0 fully saturated rings. The van der Waals surface area contributed by atoms with Crippen LogP contribution in [0.15, 0.2) is 21.7 Å². The van der Waals surface area contributed by atoms with E-state index in [4.69, 9.17) is 0 Å². The number of hydrogen-bond acceptors (Lipinski definition) is 7. The van der Waals surface area contributed by atoms with Crippen molar-refractivity contribution in [2.75, 3.05) is 12.4 Å². The number of aryl methyl sites for hydroxylation is 1. The Labute approximate surface area is 133 Å². The number of hydrogen-bond donors (Lipinski definition) is 1. The highest BCUT2D eigenvalue weighted by Gasteiger charge is 2.12. The monoisotopic (exact) mass is 372 g/mol. The molecule has 0 unspecified atom stereocenters. The SMILES string of the molecule is COC(=O)Cn1ncc(NCc2cnc(C)s2)c(Br)c1=O. The summed E-state index contributed by atoms with van der Waals surface area (Å²) in [6.45, 7) is 2.26. The van der Waals surface area contributed by atoms with Crippen LogP contribution in [0.2, 0.25) is 0 Å². The highest BCUT2D eigenvalue weighted by Crippen LogP contribution is 2.19. The Hall–Kier alpha value is -1.74. The van der Waals surface area contributed by atoms with Crippen molar-refractivity contribution in [1.82, 2.24) is 14.8 Å². The van der Waals surface area contributed by atoms with E-state index in [0.717, 1.165) is 14.6 Å². The molecule has 2 heterocycles. The normalized spacial score (nSPS) is 10.4. The lowest BCUT2D eigenvalue weighted by molar-refractivity contribution is -0.141. The van der Waals surface area contributed by atoms with Crippen LogP contribution in [0.1, 0.15) is 9.88 Å². The third-order valence-corrected chi connectivity index (χ3v) is 4.29. The van der Waals surface area contributed by atoms with E-state index >= 15 is 0 Å². The van der Waals surface area contributed by atoms with Crippen LogP contribution >= 0.6 is 27.3 Å². The highest BCUT2D eigenvalue weighted by atomic mass is 79.9. The summed E-state index contributed by atoms with van der Waals surface area (Å²) in [5, 5.41) is 8.04. The maximum atomic E-state index is 12.1. The minimum Gasteiger partial charge on any atom is -0.468 e. The molecule has 0 spiro atoms. The summed E-state index contributed by atoms with van der Waals surface area (Å²) in [6, 6.07) is 0. The molecule has 9 heteroatoms. The number of halogens is 1. The summed E-state index contributed by atoms with van der Waals surface area (Å²) in [6.07, 6.45) is 3.27. The average Bonchev–Trinajstić information content (AvgIpc) is 2.88. The van der Waals surface area contributed by atoms with Crippen LogP contribution in [0.5, 0.6) is 0 Å². The van der Waals surface area contributed by atoms with Gasteiger partial charge in [0.1, 0.15) is 11.0 Å². The number of carbonyl (C=O) groups excluding carboxylic acids is 1. The van der Waals surface area contributed by atoms with E-state index in [1.807, 2.05) is 6.92 Å². The van der Waals surface area contributed by atoms with E-state index in [1.54, 1.807) is 17.5 Å². The first-order valence-corrected chi connectivity index (χ1v) is 7.60. The number of nitrogens with one attached hydrogen (secondary N) is 1. The Kier molecular flexibility index (Phi) is 5.07. The first-order valence-electron chi connectivity index (χ1n) is 5.99. The minimum atomic E-state index is -0.530. The summed E-state index contributed by atoms with van der Waals surface area (Å²) in [5.74, 6) is -0.530. The number of esters is 1. The zero-order valence-electron chi connectivity index (χ0n) is 11.4. The number of rotatable bonds is 5. The number of methoxy groups -OCH3 is 1. The molecule has 0 saturated heterocycles. The van der Waals surface area contributed by atoms with Crippen LogP contribution in [0.25, 0.3) is 0 Å². The van der Waals surface area contributed by atoms with Crippen LogP contribution in [0.3, 0.4) is 0 Å². The van der Waals surface area contributed by atoms with Crippen LogP contribution in [-0.2, 0) is 22.6 Å². The van der Waals surface area contributed by atoms with Gasteiger partial charge in [-0.15, -0.1) is 11.3 Å². The average molecular weight is 373 g/mol. The molecule has 0 radical (unpaired) electrons. The van der Waals surface area contributed by atoms with Gasteiger partial charge < -0.3 is 10.1 Å². The fraction of sp³-hybridized carbons (Fsp3) is 0.333. The van der Waals surface area contributed by atoms with Gasteiger partial charge >= 0.3 is 5.97 Å². The van der Waals surface area contributed by atoms with E-state index in [-0.39, 0.29) is 6.54 Å². The number of thiazole rings is 1. The summed E-state index contributed by atoms with van der Waals surface area (Å²) < 4.78 is 5.87. The van der Waals surface area contributed by atoms with E-state index < -0.39 is 11.5 Å². The second kappa shape index (κ2) is 6.81. The van der Waals surface area contributed by atoms with E-state index in [2.05, 4.69) is 36.1 Å². The Bertz CT molecular complexity index is 713. The molecule has 21 heavy (non-hydrogen) atoms. The predicted octanol–water partition coefficient (Wildman–Crippen LogP) is 1.56. The number of carbonyl (C=O) groups is 1. The largest absolute Gasteiger partial charge is 0.468 e. The van der Waals surface area contributed by atoms with Gasteiger partial charge in [0, 0.05) is 11.1 Å². The fourth-order valence-electron chi connectivity index (χ4n) is 1.56. The first-order chi connectivity index (χ1) is 10.0. The molecule has 112 valence electrons. The van der Waals surface area contributed by atoms with Gasteiger partial charge in [-0.25, -0.2) is 9.67 Å². The van der Waals surface area contributed by atoms with E-state index in [9.17, 15) is 9.59 Å². The van der Waals surface area contributed by atoms with Crippen molar-refractivity contribution in [3.63, 3.8) is 0 Å². The summed E-state index contributed by atoms with van der Waals surface area (Å²) in [4.78, 5) is 28.4. The van der Waals surface area contributed by atoms with Crippen molar-refractivity contribution in [3.05, 3.63) is 37.1 Å². The van der Waals surface area contributed by atoms with Crippen molar-refractivity contribution in [1.29, 1.82) is 0 Å². The molecule has 1 N–H and O–H groups in total. The molecular weight excluding hydrogens is 360 g/mol. The van der Waals surface area contributed by atoms with E-state index in [1.165, 1.54) is 13.3 Å². The van der Waals surface area contributed by atoms with Crippen LogP contribution < -0.4 is 10.9 Å². The van der Waals surface area contributed by atoms with Crippen LogP contribution in [0, 0.1) is 6.92 Å². The molecule has 7 nitrogen and oxygen atoms in total. The molecule has 0 saturated carbocycles. The van der Waals surface area contributed by atoms with Gasteiger partial charge in [0.15, 0.2) is 0 Å². The molecule has 2 rings (SSSR count). The van der Waals surface area contributed by atoms with E-state index in [0.29, 0.717) is 16.7 Å². The number of aromatic nitrogens is 3. The van der Waals surface area contributed by atoms with Gasteiger partial charge in [-0.3, -0.25) is 9.59 Å². The Morgan fingerprint density at radius 1 is 1.52 bits per heavy atom. The van der Waals surface area contributed by atoms with Crippen LogP contribution in [-0.4, -0.2) is 27.8 Å². The number of anilines is 1. The number of ether oxygens (including phenoxy) is 1. The lowest BCUT2D eigenvalue weighted by atomic mass is 10.4. The molecule has 0 atom stereocenters. The van der Waals surface area contributed by atoms with Crippen molar-refractivity contribution < 1.29 is 9.53 Å². The molecule has 0 amide bonds. The first kappa shape index (κ1) is 15.6. The Morgan fingerprint density at radius 2 is 2.29 bits per heavy atom. The summed E-state index contributed by atoms with van der Waals surface area (Å²) in [5.41, 5.74) is 0.165. The van der Waals surface area contributed by atoms with Gasteiger partial charge in [0.05, 0.1) is 30.5 Å². The van der Waals surface area contributed by atoms with Crippen molar-refractivity contribution >= 4 is 38.9 Å². The Balaban J connectivity index is 2.13. The van der Waals surface area contributed by atoms with Gasteiger partial charge in [-0.05, 0) is 22.9 Å². The molecule has 2 aromatic heterocycles. The molecule has 0 aliphatic rings. The van der Waals surface area contributed by atoms with Gasteiger partial charge in [-0.2, -0.15) is 5.10 Å². The van der Waals surface area contributed by atoms with Gasteiger partial charge in [-0.1, -0.05) is 0 Å². The Morgan fingerprint density at radius 3 is 2.90 bits per heavy atom. The van der Waals surface area contributed by atoms with Crippen molar-refractivity contribution in [2.45, 2.75) is 20.0 Å². The minimum absolute atomic E-state index is 0.220. The fourth-order valence-corrected chi connectivity index (χ4v) is 2.74. The lowest BCUT2D eigenvalue weighted by Crippen LogP contribution is -2.28.